The molecule has 0 unspecified atom stereocenters. The van der Waals surface area contributed by atoms with E-state index in [-0.39, 0.29) is 11.1 Å². The van der Waals surface area contributed by atoms with Gasteiger partial charge in [0.05, 0.1) is 41.9 Å². The van der Waals surface area contributed by atoms with E-state index in [4.69, 9.17) is 9.47 Å². The predicted octanol–water partition coefficient (Wildman–Crippen LogP) is 1.00. The minimum atomic E-state index is -0.646. The summed E-state index contributed by atoms with van der Waals surface area (Å²) in [6.45, 7) is 0. The van der Waals surface area contributed by atoms with Gasteiger partial charge in [-0.15, -0.1) is 0 Å². The third-order valence-electron chi connectivity index (χ3n) is 4.21. The van der Waals surface area contributed by atoms with Gasteiger partial charge in [0.25, 0.3) is 11.3 Å². The number of fused-ring (bicyclic) bond motifs is 3. The van der Waals surface area contributed by atoms with Gasteiger partial charge in [0.15, 0.2) is 0 Å². The van der Waals surface area contributed by atoms with E-state index in [1.54, 1.807) is 6.07 Å². The highest BCUT2D eigenvalue weighted by Gasteiger charge is 2.16. The van der Waals surface area contributed by atoms with Gasteiger partial charge < -0.3 is 9.47 Å². The van der Waals surface area contributed by atoms with Crippen molar-refractivity contribution in [3.05, 3.63) is 64.5 Å². The van der Waals surface area contributed by atoms with Gasteiger partial charge in [-0.3, -0.25) is 9.36 Å². The molecule has 28 heavy (non-hydrogen) atoms. The predicted molar refractivity (Wildman–Crippen MR) is 96.6 cm³/mol. The first kappa shape index (κ1) is 17.3. The van der Waals surface area contributed by atoms with Crippen LogP contribution in [0, 0.1) is 0 Å². The molecule has 0 aliphatic carbocycles. The zero-order valence-corrected chi connectivity index (χ0v) is 14.8. The molecule has 0 aliphatic heterocycles. The first-order valence-electron chi connectivity index (χ1n) is 8.05. The molecule has 140 valence electrons. The molecule has 10 nitrogen and oxygen atoms in total. The molecule has 0 fully saturated rings. The van der Waals surface area contributed by atoms with Crippen molar-refractivity contribution in [3.63, 3.8) is 0 Å². The number of carbonyl (C=O) groups excluding carboxylic acids is 2. The Balaban J connectivity index is 1.97. The molecule has 0 radical (unpaired) electrons. The lowest BCUT2D eigenvalue weighted by Crippen LogP contribution is -2.20. The van der Waals surface area contributed by atoms with Crippen LogP contribution in [-0.2, 0) is 9.47 Å². The number of ether oxygens (including phenoxy) is 2. The zero-order valence-electron chi connectivity index (χ0n) is 14.8. The van der Waals surface area contributed by atoms with Crippen molar-refractivity contribution in [2.45, 2.75) is 0 Å². The van der Waals surface area contributed by atoms with Gasteiger partial charge in [-0.05, 0) is 24.3 Å². The van der Waals surface area contributed by atoms with Gasteiger partial charge in [-0.25, -0.2) is 14.6 Å². The average Bonchev–Trinajstić information content (AvgIpc) is 3.21. The highest BCUT2D eigenvalue weighted by Crippen LogP contribution is 2.17. The van der Waals surface area contributed by atoms with Crippen molar-refractivity contribution < 1.29 is 19.1 Å². The topological polar surface area (TPSA) is 118 Å². The van der Waals surface area contributed by atoms with Crippen LogP contribution >= 0.6 is 0 Å². The van der Waals surface area contributed by atoms with Crippen LogP contribution in [0.15, 0.2) is 47.8 Å². The first-order valence-corrected chi connectivity index (χ1v) is 8.05. The summed E-state index contributed by atoms with van der Waals surface area (Å²) in [4.78, 5) is 45.1. The van der Waals surface area contributed by atoms with Crippen LogP contribution in [0.2, 0.25) is 0 Å². The van der Waals surface area contributed by atoms with Gasteiger partial charge in [0, 0.05) is 12.4 Å². The average molecular weight is 379 g/mol. The number of carbonyl (C=O) groups is 2. The summed E-state index contributed by atoms with van der Waals surface area (Å²) in [5, 5.41) is 4.35. The number of aromatic nitrogens is 5. The van der Waals surface area contributed by atoms with E-state index in [0.717, 1.165) is 0 Å². The summed E-state index contributed by atoms with van der Waals surface area (Å²) in [5.41, 5.74) is 0.643. The number of methoxy groups -OCH3 is 2. The molecule has 0 N–H and O–H groups in total. The standard InChI is InChI=1S/C18H13N5O5/c1-27-16(25)10-5-11(17(26)28-2)7-12(6-10)22-4-3-14-13(15(22)24)8-19-18-20-9-21-23(14)18/h3-9H,1-2H3. The van der Waals surface area contributed by atoms with Crippen LogP contribution in [0.3, 0.4) is 0 Å². The smallest absolute Gasteiger partial charge is 0.337 e. The fourth-order valence-corrected chi connectivity index (χ4v) is 2.89. The molecule has 0 aliphatic rings. The molecule has 10 heteroatoms. The molecule has 0 amide bonds. The second kappa shape index (κ2) is 6.58. The molecule has 0 atom stereocenters. The monoisotopic (exact) mass is 379 g/mol. The van der Waals surface area contributed by atoms with Gasteiger partial charge >= 0.3 is 11.9 Å². The largest absolute Gasteiger partial charge is 0.465 e. The van der Waals surface area contributed by atoms with E-state index in [0.29, 0.717) is 22.4 Å². The number of rotatable bonds is 3. The van der Waals surface area contributed by atoms with Crippen molar-refractivity contribution in [1.29, 1.82) is 0 Å². The Hall–Kier alpha value is -4.08. The van der Waals surface area contributed by atoms with Crippen molar-refractivity contribution >= 4 is 28.6 Å². The van der Waals surface area contributed by atoms with Gasteiger partial charge in [-0.2, -0.15) is 14.6 Å². The Morgan fingerprint density at radius 3 is 2.32 bits per heavy atom. The van der Waals surface area contributed by atoms with Gasteiger partial charge in [0.2, 0.25) is 0 Å². The molecule has 4 rings (SSSR count). The number of pyridine rings is 1. The minimum Gasteiger partial charge on any atom is -0.465 e. The molecule has 0 spiro atoms. The maximum absolute atomic E-state index is 13.0. The summed E-state index contributed by atoms with van der Waals surface area (Å²) in [7, 11) is 2.45. The quantitative estimate of drug-likeness (QED) is 0.484. The van der Waals surface area contributed by atoms with Crippen LogP contribution in [0.25, 0.3) is 22.4 Å². The number of benzene rings is 1. The van der Waals surface area contributed by atoms with E-state index in [2.05, 4.69) is 15.1 Å². The van der Waals surface area contributed by atoms with Gasteiger partial charge in [-0.1, -0.05) is 0 Å². The van der Waals surface area contributed by atoms with E-state index in [1.165, 1.54) is 60.2 Å². The third-order valence-corrected chi connectivity index (χ3v) is 4.21. The highest BCUT2D eigenvalue weighted by molar-refractivity contribution is 5.96. The number of nitrogens with zero attached hydrogens (tertiary/aromatic N) is 5. The van der Waals surface area contributed by atoms with E-state index in [9.17, 15) is 14.4 Å². The molecule has 0 saturated heterocycles. The SMILES string of the molecule is COC(=O)c1cc(C(=O)OC)cc(-n2ccc3c(cnc4ncnn43)c2=O)c1. The molecular weight excluding hydrogens is 366 g/mol. The van der Waals surface area contributed by atoms with Crippen LogP contribution < -0.4 is 5.56 Å². The fourth-order valence-electron chi connectivity index (χ4n) is 2.89. The Bertz CT molecular complexity index is 1270. The summed E-state index contributed by atoms with van der Waals surface area (Å²) in [5.74, 6) is -0.927. The van der Waals surface area contributed by atoms with Crippen molar-refractivity contribution in [2.75, 3.05) is 14.2 Å². The number of esters is 2. The number of hydrogen-bond donors (Lipinski definition) is 0. The Kier molecular flexibility index (Phi) is 4.07. The Labute approximate surface area is 157 Å². The minimum absolute atomic E-state index is 0.109. The third kappa shape index (κ3) is 2.67. The molecule has 4 aromatic rings. The summed E-state index contributed by atoms with van der Waals surface area (Å²) in [6, 6.07) is 5.91. The Morgan fingerprint density at radius 1 is 1.00 bits per heavy atom. The van der Waals surface area contributed by atoms with E-state index < -0.39 is 17.5 Å². The van der Waals surface area contributed by atoms with Crippen LogP contribution in [0.1, 0.15) is 20.7 Å². The lowest BCUT2D eigenvalue weighted by molar-refractivity contribution is 0.0599. The van der Waals surface area contributed by atoms with Gasteiger partial charge in [0.1, 0.15) is 6.33 Å². The highest BCUT2D eigenvalue weighted by atomic mass is 16.5. The van der Waals surface area contributed by atoms with Crippen molar-refractivity contribution in [3.8, 4) is 5.69 Å². The molecule has 3 aromatic heterocycles. The first-order chi connectivity index (χ1) is 13.5. The lowest BCUT2D eigenvalue weighted by atomic mass is 10.1. The molecule has 0 saturated carbocycles. The van der Waals surface area contributed by atoms with E-state index >= 15 is 0 Å². The van der Waals surface area contributed by atoms with E-state index in [1.807, 2.05) is 0 Å². The lowest BCUT2D eigenvalue weighted by Gasteiger charge is -2.11. The maximum Gasteiger partial charge on any atom is 0.337 e. The second-order valence-corrected chi connectivity index (χ2v) is 5.77. The van der Waals surface area contributed by atoms with Crippen molar-refractivity contribution in [2.24, 2.45) is 0 Å². The summed E-state index contributed by atoms with van der Waals surface area (Å²) >= 11 is 0. The molecule has 0 bridgehead atoms. The van der Waals surface area contributed by atoms with Crippen LogP contribution in [-0.4, -0.2) is 50.3 Å². The second-order valence-electron chi connectivity index (χ2n) is 5.77. The summed E-state index contributed by atoms with van der Waals surface area (Å²) < 4.78 is 12.2. The normalized spacial score (nSPS) is 10.9. The van der Waals surface area contributed by atoms with Crippen molar-refractivity contribution in [1.82, 2.24) is 24.1 Å². The molecular formula is C18H13N5O5. The maximum atomic E-state index is 13.0. The zero-order chi connectivity index (χ0) is 19.8. The molecule has 3 heterocycles. The Morgan fingerprint density at radius 2 is 1.68 bits per heavy atom. The summed E-state index contributed by atoms with van der Waals surface area (Å²) in [6.07, 6.45) is 4.27. The fraction of sp³-hybridized carbons (Fsp3) is 0.111. The van der Waals surface area contributed by atoms with Crippen LogP contribution in [0.5, 0.6) is 0 Å². The number of hydrogen-bond acceptors (Lipinski definition) is 8. The van der Waals surface area contributed by atoms with Crippen LogP contribution in [0.4, 0.5) is 0 Å². The molecule has 1 aromatic carbocycles.